The van der Waals surface area contributed by atoms with Gasteiger partial charge in [0.15, 0.2) is 9.84 Å². The molecule has 116 valence electrons. The van der Waals surface area contributed by atoms with Crippen LogP contribution in [0.4, 0.5) is 0 Å². The number of aliphatic carboxylic acids is 1. The molecule has 21 heavy (non-hydrogen) atoms. The van der Waals surface area contributed by atoms with E-state index in [2.05, 4.69) is 5.32 Å². The highest BCUT2D eigenvalue weighted by Crippen LogP contribution is 2.08. The Balaban J connectivity index is 2.77. The number of nitrogens with one attached hydrogen (secondary N) is 1. The minimum atomic E-state index is -3.15. The molecular formula is C13H17NO6S. The third kappa shape index (κ3) is 5.92. The molecule has 3 N–H and O–H groups in total. The lowest BCUT2D eigenvalue weighted by Crippen LogP contribution is -2.41. The van der Waals surface area contributed by atoms with E-state index in [4.69, 9.17) is 10.2 Å². The molecule has 1 amide bonds. The summed E-state index contributed by atoms with van der Waals surface area (Å²) in [6.07, 6.45) is 1.02. The van der Waals surface area contributed by atoms with Crippen molar-refractivity contribution in [1.82, 2.24) is 5.32 Å². The second kappa shape index (κ2) is 7.19. The van der Waals surface area contributed by atoms with Crippen LogP contribution in [0.2, 0.25) is 0 Å². The Hall–Kier alpha value is -1.93. The van der Waals surface area contributed by atoms with Crippen molar-refractivity contribution in [2.45, 2.75) is 18.2 Å². The van der Waals surface area contributed by atoms with Gasteiger partial charge in [0, 0.05) is 24.8 Å². The number of carboxylic acid groups (broad SMARTS) is 1. The molecule has 1 aromatic rings. The third-order valence-electron chi connectivity index (χ3n) is 2.67. The maximum atomic E-state index is 11.9. The van der Waals surface area contributed by atoms with Crippen molar-refractivity contribution in [1.29, 1.82) is 0 Å². The molecule has 0 aliphatic rings. The van der Waals surface area contributed by atoms with E-state index in [1.165, 1.54) is 24.3 Å². The average Bonchev–Trinajstić information content (AvgIpc) is 2.36. The average molecular weight is 315 g/mol. The molecule has 7 nitrogen and oxygen atoms in total. The van der Waals surface area contributed by atoms with Crippen LogP contribution in [0.15, 0.2) is 24.3 Å². The quantitative estimate of drug-likeness (QED) is 0.640. The second-order valence-corrected chi connectivity index (χ2v) is 6.78. The van der Waals surface area contributed by atoms with Gasteiger partial charge < -0.3 is 15.5 Å². The number of aliphatic hydroxyl groups excluding tert-OH is 1. The van der Waals surface area contributed by atoms with E-state index in [-0.39, 0.29) is 24.3 Å². The van der Waals surface area contributed by atoms with Crippen molar-refractivity contribution in [2.24, 2.45) is 0 Å². The highest BCUT2D eigenvalue weighted by Gasteiger charge is 2.20. The molecule has 0 heterocycles. The largest absolute Gasteiger partial charge is 0.480 e. The third-order valence-corrected chi connectivity index (χ3v) is 3.52. The zero-order valence-electron chi connectivity index (χ0n) is 11.4. The molecule has 1 rings (SSSR count). The normalized spacial score (nSPS) is 12.7. The number of rotatable bonds is 7. The molecule has 0 aromatic heterocycles. The summed E-state index contributed by atoms with van der Waals surface area (Å²) in [5.74, 6) is -1.95. The van der Waals surface area contributed by atoms with Gasteiger partial charge in [0.2, 0.25) is 0 Å². The van der Waals surface area contributed by atoms with Crippen LogP contribution < -0.4 is 5.32 Å². The van der Waals surface area contributed by atoms with Crippen LogP contribution >= 0.6 is 0 Å². The smallest absolute Gasteiger partial charge is 0.326 e. The van der Waals surface area contributed by atoms with Gasteiger partial charge in [-0.05, 0) is 17.7 Å². The summed E-state index contributed by atoms with van der Waals surface area (Å²) < 4.78 is 22.3. The molecule has 1 aromatic carbocycles. The Morgan fingerprint density at radius 3 is 2.24 bits per heavy atom. The van der Waals surface area contributed by atoms with Gasteiger partial charge in [-0.2, -0.15) is 0 Å². The van der Waals surface area contributed by atoms with E-state index in [0.29, 0.717) is 5.56 Å². The number of carboxylic acids is 1. The molecule has 8 heteroatoms. The van der Waals surface area contributed by atoms with Gasteiger partial charge in [0.1, 0.15) is 6.04 Å². The van der Waals surface area contributed by atoms with Crippen molar-refractivity contribution in [3.8, 4) is 0 Å². The fourth-order valence-corrected chi connectivity index (χ4v) is 2.48. The molecule has 0 aliphatic carbocycles. The summed E-state index contributed by atoms with van der Waals surface area (Å²) in [7, 11) is -3.15. The zero-order chi connectivity index (χ0) is 16.0. The monoisotopic (exact) mass is 315 g/mol. The number of benzene rings is 1. The first-order valence-electron chi connectivity index (χ1n) is 6.14. The predicted octanol–water partition coefficient (Wildman–Crippen LogP) is -0.203. The van der Waals surface area contributed by atoms with Crippen LogP contribution in [0.5, 0.6) is 0 Å². The molecule has 0 fully saturated rings. The number of aliphatic hydroxyl groups is 1. The van der Waals surface area contributed by atoms with Gasteiger partial charge in [-0.1, -0.05) is 12.1 Å². The zero-order valence-corrected chi connectivity index (χ0v) is 12.3. The van der Waals surface area contributed by atoms with Crippen LogP contribution in [0.3, 0.4) is 0 Å². The molecular weight excluding hydrogens is 298 g/mol. The summed E-state index contributed by atoms with van der Waals surface area (Å²) in [6, 6.07) is 4.68. The van der Waals surface area contributed by atoms with Gasteiger partial charge in [0.05, 0.1) is 5.75 Å². The van der Waals surface area contributed by atoms with Crippen molar-refractivity contribution in [2.75, 3.05) is 12.9 Å². The Kier molecular flexibility index (Phi) is 5.86. The first-order chi connectivity index (χ1) is 9.73. The maximum Gasteiger partial charge on any atom is 0.326 e. The van der Waals surface area contributed by atoms with E-state index in [1.54, 1.807) is 0 Å². The Morgan fingerprint density at radius 2 is 1.81 bits per heavy atom. The fraction of sp³-hybridized carbons (Fsp3) is 0.385. The molecule has 1 atom stereocenters. The summed E-state index contributed by atoms with van der Waals surface area (Å²) in [5, 5.41) is 19.9. The van der Waals surface area contributed by atoms with Crippen molar-refractivity contribution in [3.63, 3.8) is 0 Å². The fourth-order valence-electron chi connectivity index (χ4n) is 1.68. The predicted molar refractivity (Wildman–Crippen MR) is 75.6 cm³/mol. The summed E-state index contributed by atoms with van der Waals surface area (Å²) in [4.78, 5) is 22.7. The van der Waals surface area contributed by atoms with Gasteiger partial charge in [0.25, 0.3) is 5.91 Å². The van der Waals surface area contributed by atoms with E-state index >= 15 is 0 Å². The Labute approximate surface area is 122 Å². The molecule has 1 unspecified atom stereocenters. The molecule has 0 saturated carbocycles. The number of hydrogen-bond donors (Lipinski definition) is 3. The van der Waals surface area contributed by atoms with Crippen LogP contribution in [0.25, 0.3) is 0 Å². The topological polar surface area (TPSA) is 121 Å². The Morgan fingerprint density at radius 1 is 1.24 bits per heavy atom. The number of carbonyl (C=O) groups excluding carboxylic acids is 1. The van der Waals surface area contributed by atoms with Crippen molar-refractivity contribution >= 4 is 21.7 Å². The molecule has 0 aliphatic heterocycles. The second-order valence-electron chi connectivity index (χ2n) is 4.64. The summed E-state index contributed by atoms with van der Waals surface area (Å²) in [6.45, 7) is -0.357. The number of sulfone groups is 1. The van der Waals surface area contributed by atoms with E-state index in [0.717, 1.165) is 6.26 Å². The maximum absolute atomic E-state index is 11.9. The van der Waals surface area contributed by atoms with Gasteiger partial charge in [-0.25, -0.2) is 13.2 Å². The molecule has 0 spiro atoms. The highest BCUT2D eigenvalue weighted by molar-refractivity contribution is 7.89. The van der Waals surface area contributed by atoms with Crippen LogP contribution in [-0.4, -0.2) is 49.4 Å². The number of carbonyl (C=O) groups is 2. The van der Waals surface area contributed by atoms with Crippen LogP contribution in [-0.2, 0) is 20.4 Å². The first kappa shape index (κ1) is 17.1. The molecule has 0 bridgehead atoms. The SMILES string of the molecule is CS(=O)(=O)Cc1ccc(C(=O)NC(CCO)C(=O)O)cc1. The van der Waals surface area contributed by atoms with Gasteiger partial charge in [-0.15, -0.1) is 0 Å². The first-order valence-corrected chi connectivity index (χ1v) is 8.20. The summed E-state index contributed by atoms with van der Waals surface area (Å²) in [5.41, 5.74) is 0.760. The van der Waals surface area contributed by atoms with Gasteiger partial charge >= 0.3 is 5.97 Å². The van der Waals surface area contributed by atoms with Gasteiger partial charge in [-0.3, -0.25) is 4.79 Å². The number of hydrogen-bond acceptors (Lipinski definition) is 5. The highest BCUT2D eigenvalue weighted by atomic mass is 32.2. The van der Waals surface area contributed by atoms with E-state index < -0.39 is 27.8 Å². The minimum absolute atomic E-state index is 0.0900. The number of amides is 1. The standard InChI is InChI=1S/C13H17NO6S/c1-21(19,20)8-9-2-4-10(5-3-9)12(16)14-11(6-7-15)13(17)18/h2-5,11,15H,6-8H2,1H3,(H,14,16)(H,17,18). The lowest BCUT2D eigenvalue weighted by molar-refractivity contribution is -0.139. The van der Waals surface area contributed by atoms with Crippen LogP contribution in [0.1, 0.15) is 22.3 Å². The molecule has 0 saturated heterocycles. The van der Waals surface area contributed by atoms with Crippen molar-refractivity contribution < 1.29 is 28.2 Å². The molecule has 0 radical (unpaired) electrons. The lowest BCUT2D eigenvalue weighted by Gasteiger charge is -2.13. The van der Waals surface area contributed by atoms with E-state index in [9.17, 15) is 18.0 Å². The van der Waals surface area contributed by atoms with Crippen LogP contribution in [0, 0.1) is 0 Å². The summed E-state index contributed by atoms with van der Waals surface area (Å²) >= 11 is 0. The Bertz CT molecular complexity index is 608. The lowest BCUT2D eigenvalue weighted by atomic mass is 10.1. The van der Waals surface area contributed by atoms with Crippen molar-refractivity contribution in [3.05, 3.63) is 35.4 Å². The minimum Gasteiger partial charge on any atom is -0.480 e. The van der Waals surface area contributed by atoms with E-state index in [1.807, 2.05) is 0 Å².